The van der Waals surface area contributed by atoms with Gasteiger partial charge < -0.3 is 18.9 Å². The molecular formula is C46H89NO8P+. The van der Waals surface area contributed by atoms with Crippen LogP contribution in [-0.2, 0) is 32.7 Å². The van der Waals surface area contributed by atoms with Crippen molar-refractivity contribution in [2.24, 2.45) is 0 Å². The number of carbonyl (C=O) groups is 2. The first kappa shape index (κ1) is 54.5. The summed E-state index contributed by atoms with van der Waals surface area (Å²) in [5.41, 5.74) is 0. The molecule has 1 N–H and O–H groups in total. The topological polar surface area (TPSA) is 108 Å². The number of unbranched alkanes of at least 4 members (excludes halogenated alkanes) is 24. The number of rotatable bonds is 42. The lowest BCUT2D eigenvalue weighted by atomic mass is 10.0. The Balaban J connectivity index is 4.33. The van der Waals surface area contributed by atoms with Crippen LogP contribution in [0, 0.1) is 0 Å². The lowest BCUT2D eigenvalue weighted by Gasteiger charge is -2.24. The second-order valence-electron chi connectivity index (χ2n) is 16.8. The van der Waals surface area contributed by atoms with Gasteiger partial charge in [-0.05, 0) is 44.9 Å². The molecule has 0 saturated heterocycles. The van der Waals surface area contributed by atoms with E-state index in [0.717, 1.165) is 57.8 Å². The smallest absolute Gasteiger partial charge is 0.462 e. The zero-order chi connectivity index (χ0) is 41.4. The summed E-state index contributed by atoms with van der Waals surface area (Å²) in [7, 11) is 1.48. The second-order valence-corrected chi connectivity index (χ2v) is 18.2. The molecule has 330 valence electrons. The number of likely N-dealkylation sites (N-methyl/N-ethyl adjacent to an activating group) is 1. The molecule has 0 bridgehead atoms. The predicted octanol–water partition coefficient (Wildman–Crippen LogP) is 13.1. The zero-order valence-electron chi connectivity index (χ0n) is 37.1. The van der Waals surface area contributed by atoms with E-state index in [4.69, 9.17) is 18.5 Å². The van der Waals surface area contributed by atoms with E-state index in [1.807, 2.05) is 21.1 Å². The minimum atomic E-state index is -4.37. The molecule has 0 rings (SSSR count). The van der Waals surface area contributed by atoms with Gasteiger partial charge in [-0.1, -0.05) is 173 Å². The van der Waals surface area contributed by atoms with Gasteiger partial charge >= 0.3 is 19.8 Å². The van der Waals surface area contributed by atoms with E-state index in [1.54, 1.807) is 0 Å². The van der Waals surface area contributed by atoms with Crippen molar-refractivity contribution >= 4 is 19.8 Å². The van der Waals surface area contributed by atoms with E-state index in [0.29, 0.717) is 17.4 Å². The van der Waals surface area contributed by atoms with Gasteiger partial charge in [0.25, 0.3) is 0 Å². The van der Waals surface area contributed by atoms with Gasteiger partial charge in [0.1, 0.15) is 19.8 Å². The molecule has 0 saturated carbocycles. The summed E-state index contributed by atoms with van der Waals surface area (Å²) in [5.74, 6) is -0.806. The molecule has 0 spiro atoms. The first-order valence-electron chi connectivity index (χ1n) is 23.1. The van der Waals surface area contributed by atoms with Gasteiger partial charge in [-0.15, -0.1) is 0 Å². The number of ether oxygens (including phenoxy) is 2. The lowest BCUT2D eigenvalue weighted by Crippen LogP contribution is -2.37. The first-order chi connectivity index (χ1) is 27.0. The molecule has 2 atom stereocenters. The van der Waals surface area contributed by atoms with E-state index in [1.165, 1.54) is 116 Å². The molecular weight excluding hydrogens is 725 g/mol. The van der Waals surface area contributed by atoms with Gasteiger partial charge in [0.15, 0.2) is 6.10 Å². The number of esters is 2. The third-order valence-corrected chi connectivity index (χ3v) is 11.0. The van der Waals surface area contributed by atoms with Crippen molar-refractivity contribution in [3.63, 3.8) is 0 Å². The van der Waals surface area contributed by atoms with Gasteiger partial charge in [-0.25, -0.2) is 4.57 Å². The summed E-state index contributed by atoms with van der Waals surface area (Å²) < 4.78 is 34.3. The fourth-order valence-electron chi connectivity index (χ4n) is 6.34. The summed E-state index contributed by atoms with van der Waals surface area (Å²) in [5, 5.41) is 0. The van der Waals surface area contributed by atoms with Crippen LogP contribution in [0.3, 0.4) is 0 Å². The summed E-state index contributed by atoms with van der Waals surface area (Å²) in [6, 6.07) is 0. The number of hydrogen-bond acceptors (Lipinski definition) is 7. The van der Waals surface area contributed by atoms with Crippen molar-refractivity contribution in [1.82, 2.24) is 0 Å². The molecule has 0 fully saturated rings. The number of allylic oxidation sites excluding steroid dienone is 4. The maximum absolute atomic E-state index is 12.7. The van der Waals surface area contributed by atoms with Crippen molar-refractivity contribution in [3.8, 4) is 0 Å². The highest BCUT2D eigenvalue weighted by atomic mass is 31.2. The Labute approximate surface area is 345 Å². The molecule has 0 aliphatic heterocycles. The molecule has 0 aliphatic carbocycles. The van der Waals surface area contributed by atoms with Crippen molar-refractivity contribution in [1.29, 1.82) is 0 Å². The fraction of sp³-hybridized carbons (Fsp3) is 0.870. The third-order valence-electron chi connectivity index (χ3n) is 9.98. The van der Waals surface area contributed by atoms with Crippen molar-refractivity contribution in [2.45, 2.75) is 213 Å². The van der Waals surface area contributed by atoms with Crippen LogP contribution in [0.15, 0.2) is 24.3 Å². The molecule has 0 aliphatic rings. The molecule has 10 heteroatoms. The minimum absolute atomic E-state index is 0.0313. The maximum atomic E-state index is 12.7. The summed E-state index contributed by atoms with van der Waals surface area (Å²) in [4.78, 5) is 35.4. The number of hydrogen-bond donors (Lipinski definition) is 1. The van der Waals surface area contributed by atoms with Gasteiger partial charge in [0.2, 0.25) is 0 Å². The van der Waals surface area contributed by atoms with Gasteiger partial charge in [0.05, 0.1) is 27.7 Å². The highest BCUT2D eigenvalue weighted by Crippen LogP contribution is 2.43. The molecule has 0 aromatic rings. The average molecular weight is 815 g/mol. The molecule has 0 heterocycles. The van der Waals surface area contributed by atoms with Crippen molar-refractivity contribution in [3.05, 3.63) is 24.3 Å². The van der Waals surface area contributed by atoms with Crippen LogP contribution >= 0.6 is 7.82 Å². The Morgan fingerprint density at radius 1 is 0.554 bits per heavy atom. The first-order valence-corrected chi connectivity index (χ1v) is 24.6. The van der Waals surface area contributed by atoms with E-state index in [2.05, 4.69) is 38.2 Å². The van der Waals surface area contributed by atoms with Crippen LogP contribution in [0.1, 0.15) is 206 Å². The standard InChI is InChI=1S/C46H88NO8P/c1-6-8-10-12-14-16-18-20-22-23-25-27-29-31-33-35-37-39-46(49)55-44(43-54-56(50,51)53-41-40-47(3,4)5)42-52-45(48)38-36-34-32-30-28-26-24-21-19-17-15-13-11-9-7-2/h15,17,21,24,44H,6-14,16,18-20,22-23,25-43H2,1-5H3/p+1/b17-15-,24-21-. The Bertz CT molecular complexity index is 1010. The van der Waals surface area contributed by atoms with Crippen LogP contribution in [-0.4, -0.2) is 74.9 Å². The van der Waals surface area contributed by atoms with Crippen molar-refractivity contribution < 1.29 is 42.1 Å². The van der Waals surface area contributed by atoms with E-state index in [-0.39, 0.29) is 32.0 Å². The molecule has 0 radical (unpaired) electrons. The highest BCUT2D eigenvalue weighted by molar-refractivity contribution is 7.47. The number of carbonyl (C=O) groups excluding carboxylic acids is 2. The Morgan fingerprint density at radius 2 is 0.964 bits per heavy atom. The Kier molecular flexibility index (Phi) is 37.9. The monoisotopic (exact) mass is 815 g/mol. The predicted molar refractivity (Wildman–Crippen MR) is 234 cm³/mol. The van der Waals surface area contributed by atoms with Gasteiger partial charge in [-0.2, -0.15) is 0 Å². The molecule has 56 heavy (non-hydrogen) atoms. The molecule has 9 nitrogen and oxygen atoms in total. The fourth-order valence-corrected chi connectivity index (χ4v) is 7.08. The third kappa shape index (κ3) is 42.1. The molecule has 0 amide bonds. The average Bonchev–Trinajstić information content (AvgIpc) is 3.15. The van der Waals surface area contributed by atoms with Crippen LogP contribution in [0.5, 0.6) is 0 Å². The molecule has 0 aromatic carbocycles. The quantitative estimate of drug-likeness (QED) is 0.0213. The maximum Gasteiger partial charge on any atom is 0.472 e. The number of quaternary nitrogens is 1. The van der Waals surface area contributed by atoms with Crippen molar-refractivity contribution in [2.75, 3.05) is 47.5 Å². The minimum Gasteiger partial charge on any atom is -0.462 e. The number of nitrogens with zero attached hydrogens (tertiary/aromatic N) is 1. The largest absolute Gasteiger partial charge is 0.472 e. The normalized spacial score (nSPS) is 13.8. The summed E-state index contributed by atoms with van der Waals surface area (Å²) in [6.45, 7) is 4.40. The summed E-state index contributed by atoms with van der Waals surface area (Å²) >= 11 is 0. The van der Waals surface area contributed by atoms with Gasteiger partial charge in [-0.3, -0.25) is 18.6 Å². The van der Waals surface area contributed by atoms with E-state index < -0.39 is 26.5 Å². The Hall–Kier alpha value is -1.51. The zero-order valence-corrected chi connectivity index (χ0v) is 38.0. The lowest BCUT2D eigenvalue weighted by molar-refractivity contribution is -0.870. The summed E-state index contributed by atoms with van der Waals surface area (Å²) in [6.07, 6.45) is 42.2. The van der Waals surface area contributed by atoms with E-state index in [9.17, 15) is 19.0 Å². The van der Waals surface area contributed by atoms with Gasteiger partial charge in [0, 0.05) is 12.8 Å². The number of phosphoric acid groups is 1. The molecule has 0 aromatic heterocycles. The second kappa shape index (κ2) is 39.0. The van der Waals surface area contributed by atoms with Crippen LogP contribution in [0.25, 0.3) is 0 Å². The number of phosphoric ester groups is 1. The molecule has 2 unspecified atom stereocenters. The highest BCUT2D eigenvalue weighted by Gasteiger charge is 2.27. The van der Waals surface area contributed by atoms with E-state index >= 15 is 0 Å². The van der Waals surface area contributed by atoms with Crippen LogP contribution < -0.4 is 0 Å². The Morgan fingerprint density at radius 3 is 1.45 bits per heavy atom. The van der Waals surface area contributed by atoms with Crippen LogP contribution in [0.2, 0.25) is 0 Å². The van der Waals surface area contributed by atoms with Crippen LogP contribution in [0.4, 0.5) is 0 Å². The SMILES string of the molecule is CCCCC/C=C\C/C=C\CCCCCCCC(=O)OCC(COP(=O)(O)OCC[N+](C)(C)C)OC(=O)CCCCCCCCCCCCCCCCCCC.